The van der Waals surface area contributed by atoms with Gasteiger partial charge in [-0.15, -0.1) is 10.2 Å². The van der Waals surface area contributed by atoms with Gasteiger partial charge in [-0.1, -0.05) is 22.9 Å². The molecule has 0 bridgehead atoms. The average Bonchev–Trinajstić information content (AvgIpc) is 3.30. The molecule has 0 unspecified atom stereocenters. The van der Waals surface area contributed by atoms with Crippen molar-refractivity contribution in [3.63, 3.8) is 0 Å². The van der Waals surface area contributed by atoms with Crippen LogP contribution in [0.1, 0.15) is 40.5 Å². The maximum atomic E-state index is 6.58. The van der Waals surface area contributed by atoms with Gasteiger partial charge in [0.05, 0.1) is 11.3 Å². The molecule has 8 heteroatoms. The number of anilines is 1. The van der Waals surface area contributed by atoms with E-state index in [2.05, 4.69) is 60.1 Å². The van der Waals surface area contributed by atoms with Gasteiger partial charge in [-0.25, -0.2) is 4.98 Å². The minimum atomic E-state index is 0.0840. The molecule has 0 radical (unpaired) electrons. The molecule has 3 aromatic rings. The van der Waals surface area contributed by atoms with Crippen LogP contribution in [0.15, 0.2) is 36.9 Å². The molecule has 6 nitrogen and oxygen atoms in total. The number of hydrogen-bond acceptors (Lipinski definition) is 6. The van der Waals surface area contributed by atoms with Crippen LogP contribution < -0.4 is 10.2 Å². The zero-order valence-corrected chi connectivity index (χ0v) is 19.1. The average molecular weight is 431 g/mol. The van der Waals surface area contributed by atoms with Gasteiger partial charge in [0.2, 0.25) is 5.13 Å². The van der Waals surface area contributed by atoms with Crippen LogP contribution in [0.2, 0.25) is 5.02 Å². The second kappa shape index (κ2) is 7.38. The van der Waals surface area contributed by atoms with E-state index < -0.39 is 0 Å². The monoisotopic (exact) mass is 430 g/mol. The summed E-state index contributed by atoms with van der Waals surface area (Å²) < 4.78 is 1.93. The number of nitrogens with zero attached hydrogens (tertiary/aromatic N) is 5. The van der Waals surface area contributed by atoms with Gasteiger partial charge in [0.25, 0.3) is 0 Å². The Morgan fingerprint density at radius 2 is 1.90 bits per heavy atom. The highest BCUT2D eigenvalue weighted by atomic mass is 35.5. The Hall–Kier alpha value is -1.96. The zero-order valence-electron chi connectivity index (χ0n) is 17.5. The van der Waals surface area contributed by atoms with Crippen molar-refractivity contribution in [2.75, 3.05) is 11.9 Å². The number of piperidine rings is 1. The van der Waals surface area contributed by atoms with E-state index in [9.17, 15) is 0 Å². The molecule has 3 heterocycles. The Balaban J connectivity index is 1.57. The van der Waals surface area contributed by atoms with E-state index in [-0.39, 0.29) is 11.1 Å². The Kier molecular flexibility index (Phi) is 5.17. The Bertz CT molecular complexity index is 979. The molecule has 29 heavy (non-hydrogen) atoms. The predicted octanol–water partition coefficient (Wildman–Crippen LogP) is 4.79. The number of halogens is 1. The molecule has 0 saturated carbocycles. The van der Waals surface area contributed by atoms with E-state index in [1.807, 2.05) is 29.0 Å². The smallest absolute Gasteiger partial charge is 0.208 e. The largest absolute Gasteiger partial charge is 0.347 e. The lowest BCUT2D eigenvalue weighted by atomic mass is 9.79. The highest BCUT2D eigenvalue weighted by Gasteiger charge is 2.39. The van der Waals surface area contributed by atoms with Gasteiger partial charge in [0.15, 0.2) is 5.01 Å². The lowest BCUT2D eigenvalue weighted by Crippen LogP contribution is -2.61. The van der Waals surface area contributed by atoms with Crippen LogP contribution >= 0.6 is 22.9 Å². The molecular weight excluding hydrogens is 404 g/mol. The normalized spacial score (nSPS) is 18.7. The van der Waals surface area contributed by atoms with Crippen LogP contribution in [-0.4, -0.2) is 43.9 Å². The molecule has 1 saturated heterocycles. The fraction of sp³-hybridized carbons (Fsp3) is 0.476. The molecule has 0 amide bonds. The number of rotatable bonds is 4. The maximum Gasteiger partial charge on any atom is 0.208 e. The Labute approximate surface area is 180 Å². The Morgan fingerprint density at radius 3 is 2.52 bits per heavy atom. The minimum absolute atomic E-state index is 0.0840. The third-order valence-corrected chi connectivity index (χ3v) is 6.78. The SMILES string of the molecule is CN(c1nnc(-c2ccc(-n3ccnc3)cc2Cl)s1)C1CC(C)(C)NC(C)(C)C1. The van der Waals surface area contributed by atoms with Crippen molar-refractivity contribution in [1.82, 2.24) is 25.1 Å². The van der Waals surface area contributed by atoms with Gasteiger partial charge in [-0.3, -0.25) is 0 Å². The van der Waals surface area contributed by atoms with Crippen molar-refractivity contribution in [3.05, 3.63) is 41.9 Å². The molecule has 0 spiro atoms. The van der Waals surface area contributed by atoms with E-state index in [0.717, 1.165) is 34.2 Å². The number of aromatic nitrogens is 4. The van der Waals surface area contributed by atoms with Crippen LogP contribution in [-0.2, 0) is 0 Å². The molecule has 2 aromatic heterocycles. The summed E-state index contributed by atoms with van der Waals surface area (Å²) >= 11 is 8.16. The van der Waals surface area contributed by atoms with Gasteiger partial charge in [-0.2, -0.15) is 0 Å². The molecule has 4 rings (SSSR count). The topological polar surface area (TPSA) is 58.9 Å². The summed E-state index contributed by atoms with van der Waals surface area (Å²) in [6, 6.07) is 6.35. The summed E-state index contributed by atoms with van der Waals surface area (Å²) in [6.07, 6.45) is 7.51. The number of hydrogen-bond donors (Lipinski definition) is 1. The molecule has 1 aliphatic rings. The van der Waals surface area contributed by atoms with Crippen molar-refractivity contribution < 1.29 is 0 Å². The van der Waals surface area contributed by atoms with Crippen molar-refractivity contribution in [2.45, 2.75) is 57.7 Å². The van der Waals surface area contributed by atoms with E-state index in [1.165, 1.54) is 0 Å². The lowest BCUT2D eigenvalue weighted by molar-refractivity contribution is 0.161. The number of benzene rings is 1. The second-order valence-corrected chi connectivity index (χ2v) is 10.5. The third-order valence-electron chi connectivity index (χ3n) is 5.42. The van der Waals surface area contributed by atoms with Crippen molar-refractivity contribution in [2.24, 2.45) is 0 Å². The highest BCUT2D eigenvalue weighted by molar-refractivity contribution is 7.18. The second-order valence-electron chi connectivity index (χ2n) is 9.09. The van der Waals surface area contributed by atoms with Gasteiger partial charge < -0.3 is 14.8 Å². The fourth-order valence-corrected chi connectivity index (χ4v) is 5.65. The Morgan fingerprint density at radius 1 is 1.17 bits per heavy atom. The van der Waals surface area contributed by atoms with Gasteiger partial charge in [-0.05, 0) is 58.7 Å². The first kappa shape index (κ1) is 20.3. The van der Waals surface area contributed by atoms with Crippen LogP contribution in [0.3, 0.4) is 0 Å². The minimum Gasteiger partial charge on any atom is -0.347 e. The molecule has 1 aromatic carbocycles. The van der Waals surface area contributed by atoms with E-state index in [0.29, 0.717) is 11.1 Å². The molecule has 1 aliphatic heterocycles. The van der Waals surface area contributed by atoms with Crippen LogP contribution in [0.25, 0.3) is 16.3 Å². The van der Waals surface area contributed by atoms with Gasteiger partial charge in [0.1, 0.15) is 0 Å². The zero-order chi connectivity index (χ0) is 20.8. The summed E-state index contributed by atoms with van der Waals surface area (Å²) in [4.78, 5) is 6.36. The van der Waals surface area contributed by atoms with Crippen molar-refractivity contribution in [1.29, 1.82) is 0 Å². The third kappa shape index (κ3) is 4.32. The van der Waals surface area contributed by atoms with Crippen LogP contribution in [0, 0.1) is 0 Å². The summed E-state index contributed by atoms with van der Waals surface area (Å²) in [5, 5.41) is 15.1. The lowest BCUT2D eigenvalue weighted by Gasteiger charge is -2.48. The molecular formula is C21H27ClN6S. The molecule has 0 atom stereocenters. The van der Waals surface area contributed by atoms with Gasteiger partial charge >= 0.3 is 0 Å². The first-order valence-electron chi connectivity index (χ1n) is 9.77. The quantitative estimate of drug-likeness (QED) is 0.644. The van der Waals surface area contributed by atoms with E-state index in [4.69, 9.17) is 11.6 Å². The van der Waals surface area contributed by atoms with Crippen molar-refractivity contribution in [3.8, 4) is 16.3 Å². The molecule has 1 N–H and O–H groups in total. The molecule has 154 valence electrons. The van der Waals surface area contributed by atoms with Crippen molar-refractivity contribution >= 4 is 28.1 Å². The maximum absolute atomic E-state index is 6.58. The standard InChI is InChI=1S/C21H27ClN6S/c1-20(2)11-15(12-21(3,4)26-20)27(5)19-25-24-18(29-19)16-7-6-14(10-17(16)22)28-9-8-23-13-28/h6-10,13,15,26H,11-12H2,1-5H3. The first-order valence-corrected chi connectivity index (χ1v) is 11.0. The molecule has 1 fully saturated rings. The fourth-order valence-electron chi connectivity index (χ4n) is 4.42. The predicted molar refractivity (Wildman–Crippen MR) is 120 cm³/mol. The summed E-state index contributed by atoms with van der Waals surface area (Å²) in [5.41, 5.74) is 2.04. The number of imidazole rings is 1. The van der Waals surface area contributed by atoms with E-state index in [1.54, 1.807) is 23.9 Å². The van der Waals surface area contributed by atoms with E-state index >= 15 is 0 Å². The summed E-state index contributed by atoms with van der Waals surface area (Å²) in [7, 11) is 2.12. The molecule has 0 aliphatic carbocycles. The van der Waals surface area contributed by atoms with Crippen LogP contribution in [0.5, 0.6) is 0 Å². The number of nitrogens with one attached hydrogen (secondary N) is 1. The highest BCUT2D eigenvalue weighted by Crippen LogP contribution is 2.37. The summed E-state index contributed by atoms with van der Waals surface area (Å²) in [5.74, 6) is 0. The first-order chi connectivity index (χ1) is 13.6. The van der Waals surface area contributed by atoms with Crippen LogP contribution in [0.4, 0.5) is 5.13 Å². The van der Waals surface area contributed by atoms with Gasteiger partial charge in [0, 0.05) is 47.8 Å². The summed E-state index contributed by atoms with van der Waals surface area (Å²) in [6.45, 7) is 9.06.